The number of hydrogen-bond acceptors (Lipinski definition) is 7. The van der Waals surface area contributed by atoms with Crippen LogP contribution in [0.3, 0.4) is 0 Å². The lowest BCUT2D eigenvalue weighted by Crippen LogP contribution is -2.44. The lowest BCUT2D eigenvalue weighted by Gasteiger charge is -2.39. The number of amides is 1. The van der Waals surface area contributed by atoms with E-state index in [1.54, 1.807) is 12.1 Å². The van der Waals surface area contributed by atoms with Gasteiger partial charge in [0.05, 0.1) is 24.1 Å². The summed E-state index contributed by atoms with van der Waals surface area (Å²) in [6, 6.07) is 8.82. The number of nitrogens with one attached hydrogen (secondary N) is 2. The summed E-state index contributed by atoms with van der Waals surface area (Å²) in [7, 11) is -4.15. The number of ether oxygens (including phenoxy) is 1. The fourth-order valence-electron chi connectivity index (χ4n) is 4.32. The molecule has 3 heterocycles. The number of hydrogen-bond donors (Lipinski definition) is 2. The van der Waals surface area contributed by atoms with Gasteiger partial charge in [0, 0.05) is 24.2 Å². The molecule has 4 rings (SSSR count). The van der Waals surface area contributed by atoms with Gasteiger partial charge in [0.1, 0.15) is 17.4 Å². The smallest absolute Gasteiger partial charge is 0.281 e. The molecule has 0 saturated carbocycles. The first-order valence-electron chi connectivity index (χ1n) is 12.3. The quantitative estimate of drug-likeness (QED) is 0.444. The third kappa shape index (κ3) is 6.10. The standard InChI is InChI=1S/C26H32FN5O4S/c1-16(2)15-36-21-13-19(12-20(27)14-21)23-8-7-22(25(29-23)32-11-5-6-17(3)18(32)4)26(33)31-37(34,35)24-9-10-28-30-24/h7-10,12-14,16-18H,5-6,11,15H2,1-4H3,(H,28,30)(H,31,33). The molecule has 2 N–H and O–H groups in total. The Bertz CT molecular complexity index is 1360. The zero-order chi connectivity index (χ0) is 26.7. The van der Waals surface area contributed by atoms with Crippen LogP contribution in [0, 0.1) is 17.7 Å². The fraction of sp³-hybridized carbons (Fsp3) is 0.423. The van der Waals surface area contributed by atoms with Crippen molar-refractivity contribution in [2.24, 2.45) is 11.8 Å². The average Bonchev–Trinajstić information content (AvgIpc) is 3.40. The SMILES string of the molecule is CC(C)COc1cc(F)cc(-c2ccc(C(=O)NS(=O)(=O)c3ccn[nH]3)c(N3CCCC(C)C3C)n2)c1. The van der Waals surface area contributed by atoms with Gasteiger partial charge in [0.15, 0.2) is 5.03 Å². The number of sulfonamides is 1. The van der Waals surface area contributed by atoms with Crippen molar-refractivity contribution in [3.63, 3.8) is 0 Å². The number of carbonyl (C=O) groups excluding carboxylic acids is 1. The van der Waals surface area contributed by atoms with Gasteiger partial charge in [-0.1, -0.05) is 20.8 Å². The van der Waals surface area contributed by atoms with Crippen LogP contribution in [-0.4, -0.2) is 48.7 Å². The van der Waals surface area contributed by atoms with Gasteiger partial charge in [-0.15, -0.1) is 0 Å². The van der Waals surface area contributed by atoms with E-state index in [0.29, 0.717) is 41.9 Å². The van der Waals surface area contributed by atoms with Gasteiger partial charge >= 0.3 is 0 Å². The largest absolute Gasteiger partial charge is 0.493 e. The van der Waals surface area contributed by atoms with Crippen LogP contribution in [0.5, 0.6) is 5.75 Å². The van der Waals surface area contributed by atoms with Crippen LogP contribution < -0.4 is 14.4 Å². The van der Waals surface area contributed by atoms with Crippen molar-refractivity contribution in [3.8, 4) is 17.0 Å². The number of rotatable bonds is 8. The topological polar surface area (TPSA) is 117 Å². The number of benzene rings is 1. The van der Waals surface area contributed by atoms with Crippen molar-refractivity contribution in [1.29, 1.82) is 0 Å². The Labute approximate surface area is 216 Å². The normalized spacial score (nSPS) is 18.2. The van der Waals surface area contributed by atoms with Crippen LogP contribution in [0.2, 0.25) is 0 Å². The van der Waals surface area contributed by atoms with Gasteiger partial charge < -0.3 is 9.64 Å². The fourth-order valence-corrected chi connectivity index (χ4v) is 5.20. The molecule has 9 nitrogen and oxygen atoms in total. The van der Waals surface area contributed by atoms with Gasteiger partial charge in [0.2, 0.25) is 0 Å². The van der Waals surface area contributed by atoms with E-state index >= 15 is 0 Å². The van der Waals surface area contributed by atoms with Gasteiger partial charge in [-0.3, -0.25) is 9.89 Å². The van der Waals surface area contributed by atoms with Gasteiger partial charge in [-0.05, 0) is 61.9 Å². The van der Waals surface area contributed by atoms with Crippen LogP contribution >= 0.6 is 0 Å². The first-order valence-corrected chi connectivity index (χ1v) is 13.8. The molecule has 2 unspecified atom stereocenters. The lowest BCUT2D eigenvalue weighted by atomic mass is 9.91. The van der Waals surface area contributed by atoms with E-state index in [9.17, 15) is 17.6 Å². The summed E-state index contributed by atoms with van der Waals surface area (Å²) in [6.45, 7) is 9.29. The molecule has 2 aromatic heterocycles. The van der Waals surface area contributed by atoms with Crippen LogP contribution in [-0.2, 0) is 10.0 Å². The highest BCUT2D eigenvalue weighted by molar-refractivity contribution is 7.90. The maximum Gasteiger partial charge on any atom is 0.281 e. The number of H-pyrrole nitrogens is 1. The van der Waals surface area contributed by atoms with Gasteiger partial charge in [-0.2, -0.15) is 13.5 Å². The summed E-state index contributed by atoms with van der Waals surface area (Å²) in [6.07, 6.45) is 3.22. The molecule has 1 aromatic carbocycles. The highest BCUT2D eigenvalue weighted by Gasteiger charge is 2.31. The van der Waals surface area contributed by atoms with Crippen molar-refractivity contribution >= 4 is 21.7 Å². The minimum Gasteiger partial charge on any atom is -0.493 e. The Kier molecular flexibility index (Phi) is 7.82. The third-order valence-corrected chi connectivity index (χ3v) is 7.77. The highest BCUT2D eigenvalue weighted by Crippen LogP contribution is 2.33. The Hall–Kier alpha value is -3.47. The zero-order valence-electron chi connectivity index (χ0n) is 21.4. The number of aromatic amines is 1. The van der Waals surface area contributed by atoms with Crippen LogP contribution in [0.25, 0.3) is 11.3 Å². The maximum absolute atomic E-state index is 14.5. The molecule has 0 radical (unpaired) electrons. The highest BCUT2D eigenvalue weighted by atomic mass is 32.2. The minimum absolute atomic E-state index is 0.0599. The molecular weight excluding hydrogens is 497 g/mol. The molecule has 11 heteroatoms. The van der Waals surface area contributed by atoms with Gasteiger partial charge in [-0.25, -0.2) is 14.1 Å². The monoisotopic (exact) mass is 529 g/mol. The zero-order valence-corrected chi connectivity index (χ0v) is 22.2. The Morgan fingerprint density at radius 2 is 2.03 bits per heavy atom. The number of nitrogens with zero attached hydrogens (tertiary/aromatic N) is 3. The molecular formula is C26H32FN5O4S. The summed E-state index contributed by atoms with van der Waals surface area (Å²) in [4.78, 5) is 20.0. The molecule has 1 fully saturated rings. The van der Waals surface area contributed by atoms with E-state index in [0.717, 1.165) is 12.8 Å². The first-order chi connectivity index (χ1) is 17.5. The molecule has 0 spiro atoms. The Morgan fingerprint density at radius 3 is 2.73 bits per heavy atom. The van der Waals surface area contributed by atoms with E-state index in [4.69, 9.17) is 9.72 Å². The van der Waals surface area contributed by atoms with Crippen molar-refractivity contribution < 1.29 is 22.3 Å². The van der Waals surface area contributed by atoms with Crippen LogP contribution in [0.15, 0.2) is 47.6 Å². The molecule has 37 heavy (non-hydrogen) atoms. The van der Waals surface area contributed by atoms with Crippen molar-refractivity contribution in [2.45, 2.75) is 51.6 Å². The maximum atomic E-state index is 14.5. The van der Waals surface area contributed by atoms with Crippen LogP contribution in [0.4, 0.5) is 10.2 Å². The average molecular weight is 530 g/mol. The summed E-state index contributed by atoms with van der Waals surface area (Å²) in [5.74, 6) is 0.0764. The molecule has 1 amide bonds. The van der Waals surface area contributed by atoms with Crippen molar-refractivity contribution in [1.82, 2.24) is 19.9 Å². The predicted molar refractivity (Wildman–Crippen MR) is 138 cm³/mol. The molecule has 3 aromatic rings. The van der Waals surface area contributed by atoms with Crippen molar-refractivity contribution in [2.75, 3.05) is 18.1 Å². The summed E-state index contributed by atoms with van der Waals surface area (Å²) in [5.41, 5.74) is 1.05. The molecule has 0 bridgehead atoms. The molecule has 1 saturated heterocycles. The molecule has 1 aliphatic rings. The van der Waals surface area contributed by atoms with Crippen molar-refractivity contribution in [3.05, 3.63) is 54.0 Å². The van der Waals surface area contributed by atoms with Gasteiger partial charge in [0.25, 0.3) is 15.9 Å². The number of anilines is 1. The number of carbonyl (C=O) groups is 1. The summed E-state index contributed by atoms with van der Waals surface area (Å²) < 4.78 is 47.6. The third-order valence-electron chi connectivity index (χ3n) is 6.51. The second kappa shape index (κ2) is 10.9. The molecule has 198 valence electrons. The van der Waals surface area contributed by atoms with E-state index in [1.807, 2.05) is 18.7 Å². The second-order valence-electron chi connectivity index (χ2n) is 9.86. The number of pyridine rings is 1. The van der Waals surface area contributed by atoms with E-state index in [2.05, 4.69) is 28.8 Å². The number of piperidine rings is 1. The summed E-state index contributed by atoms with van der Waals surface area (Å²) >= 11 is 0. The first kappa shape index (κ1) is 26.6. The lowest BCUT2D eigenvalue weighted by molar-refractivity contribution is 0.0981. The van der Waals surface area contributed by atoms with Crippen LogP contribution in [0.1, 0.15) is 50.9 Å². The minimum atomic E-state index is -4.15. The summed E-state index contributed by atoms with van der Waals surface area (Å²) in [5, 5.41) is 5.78. The number of halogens is 1. The molecule has 2 atom stereocenters. The Morgan fingerprint density at radius 1 is 1.24 bits per heavy atom. The van der Waals surface area contributed by atoms with E-state index in [1.165, 1.54) is 30.5 Å². The Balaban J connectivity index is 1.75. The van der Waals surface area contributed by atoms with E-state index < -0.39 is 21.7 Å². The second-order valence-corrected chi connectivity index (χ2v) is 11.5. The van der Waals surface area contributed by atoms with E-state index in [-0.39, 0.29) is 22.5 Å². The number of aromatic nitrogens is 3. The predicted octanol–water partition coefficient (Wildman–Crippen LogP) is 4.39. The molecule has 0 aliphatic carbocycles. The molecule has 1 aliphatic heterocycles.